The second-order valence-corrected chi connectivity index (χ2v) is 5.58. The van der Waals surface area contributed by atoms with Gasteiger partial charge in [-0.05, 0) is 30.0 Å². The summed E-state index contributed by atoms with van der Waals surface area (Å²) >= 11 is 0. The number of carbonyl (C=O) groups excluding carboxylic acids is 1. The maximum atomic E-state index is 13.6. The Morgan fingerprint density at radius 2 is 2.13 bits per heavy atom. The van der Waals surface area contributed by atoms with Crippen molar-refractivity contribution in [2.75, 3.05) is 20.3 Å². The van der Waals surface area contributed by atoms with Crippen LogP contribution < -0.4 is 5.32 Å². The third-order valence-corrected chi connectivity index (χ3v) is 3.91. The molecule has 23 heavy (non-hydrogen) atoms. The van der Waals surface area contributed by atoms with Crippen molar-refractivity contribution < 1.29 is 18.7 Å². The number of amides is 1. The second-order valence-electron chi connectivity index (χ2n) is 5.58. The van der Waals surface area contributed by atoms with E-state index in [-0.39, 0.29) is 11.9 Å². The van der Waals surface area contributed by atoms with Crippen molar-refractivity contribution in [3.63, 3.8) is 0 Å². The normalized spacial score (nSPS) is 13.4. The molecule has 0 unspecified atom stereocenters. The first kappa shape index (κ1) is 19.4. The summed E-state index contributed by atoms with van der Waals surface area (Å²) in [5.41, 5.74) is 0.853. The highest BCUT2D eigenvalue weighted by atomic mass is 19.1. The molecule has 5 heteroatoms. The molecule has 0 aliphatic carbocycles. The van der Waals surface area contributed by atoms with E-state index in [1.165, 1.54) is 19.2 Å². The van der Waals surface area contributed by atoms with Gasteiger partial charge in [0.2, 0.25) is 0 Å². The molecule has 0 saturated heterocycles. The van der Waals surface area contributed by atoms with E-state index in [1.54, 1.807) is 6.07 Å². The van der Waals surface area contributed by atoms with Gasteiger partial charge in [0, 0.05) is 6.54 Å². The van der Waals surface area contributed by atoms with Crippen LogP contribution in [0.15, 0.2) is 24.3 Å². The summed E-state index contributed by atoms with van der Waals surface area (Å²) in [5.74, 6) is 0.0732. The number of ether oxygens (including phenoxy) is 2. The van der Waals surface area contributed by atoms with E-state index in [1.807, 2.05) is 6.07 Å². The topological polar surface area (TPSA) is 47.6 Å². The Hall–Kier alpha value is -1.62. The highest BCUT2D eigenvalue weighted by molar-refractivity contribution is 5.66. The zero-order chi connectivity index (χ0) is 17.1. The summed E-state index contributed by atoms with van der Waals surface area (Å²) in [6.07, 6.45) is 3.60. The maximum absolute atomic E-state index is 13.6. The van der Waals surface area contributed by atoms with Crippen molar-refractivity contribution in [1.29, 1.82) is 0 Å². The first-order valence-electron chi connectivity index (χ1n) is 8.31. The van der Waals surface area contributed by atoms with Crippen molar-refractivity contribution >= 4 is 6.09 Å². The molecule has 130 valence electrons. The van der Waals surface area contributed by atoms with Gasteiger partial charge in [-0.15, -0.1) is 0 Å². The minimum atomic E-state index is -0.478. The Morgan fingerprint density at radius 1 is 1.35 bits per heavy atom. The van der Waals surface area contributed by atoms with Crippen LogP contribution in [-0.2, 0) is 9.47 Å². The van der Waals surface area contributed by atoms with Gasteiger partial charge < -0.3 is 14.8 Å². The fourth-order valence-electron chi connectivity index (χ4n) is 2.64. The molecule has 1 aromatic carbocycles. The average Bonchev–Trinajstić information content (AvgIpc) is 2.56. The molecule has 2 atom stereocenters. The van der Waals surface area contributed by atoms with Crippen LogP contribution in [0, 0.1) is 11.7 Å². The Balaban J connectivity index is 2.73. The lowest BCUT2D eigenvalue weighted by Crippen LogP contribution is -2.28. The number of hydrogen-bond acceptors (Lipinski definition) is 3. The number of methoxy groups -OCH3 is 1. The fourth-order valence-corrected chi connectivity index (χ4v) is 2.64. The highest BCUT2D eigenvalue weighted by Crippen LogP contribution is 2.32. The van der Waals surface area contributed by atoms with Gasteiger partial charge in [-0.2, -0.15) is 0 Å². The predicted octanol–water partition coefficient (Wildman–Crippen LogP) is 4.46. The van der Waals surface area contributed by atoms with E-state index in [0.29, 0.717) is 19.1 Å². The highest BCUT2D eigenvalue weighted by Gasteiger charge is 2.22. The van der Waals surface area contributed by atoms with Gasteiger partial charge in [-0.25, -0.2) is 9.18 Å². The van der Waals surface area contributed by atoms with E-state index >= 15 is 0 Å². The van der Waals surface area contributed by atoms with Crippen LogP contribution in [0.25, 0.3) is 0 Å². The molecular weight excluding hydrogens is 297 g/mol. The van der Waals surface area contributed by atoms with Gasteiger partial charge in [0.05, 0.1) is 19.8 Å². The third kappa shape index (κ3) is 6.99. The number of benzene rings is 1. The minimum Gasteiger partial charge on any atom is -0.453 e. The molecule has 1 aromatic rings. The quantitative estimate of drug-likeness (QED) is 0.646. The van der Waals surface area contributed by atoms with Crippen molar-refractivity contribution in [3.8, 4) is 0 Å². The van der Waals surface area contributed by atoms with E-state index in [4.69, 9.17) is 4.74 Å². The number of nitrogens with one attached hydrogen (secondary N) is 1. The Bertz CT molecular complexity index is 467. The fraction of sp³-hybridized carbons (Fsp3) is 0.611. The van der Waals surface area contributed by atoms with Gasteiger partial charge in [0.1, 0.15) is 5.82 Å². The summed E-state index contributed by atoms with van der Waals surface area (Å²) < 4.78 is 24.1. The number of carbonyl (C=O) groups is 1. The molecule has 1 N–H and O–H groups in total. The number of hydrogen-bond donors (Lipinski definition) is 1. The zero-order valence-electron chi connectivity index (χ0n) is 14.3. The Kier molecular flexibility index (Phi) is 9.29. The summed E-state index contributed by atoms with van der Waals surface area (Å²) in [4.78, 5) is 11.1. The molecule has 0 radical (unpaired) electrons. The molecule has 0 spiro atoms. The smallest absolute Gasteiger partial charge is 0.406 e. The summed E-state index contributed by atoms with van der Waals surface area (Å²) in [6.45, 7) is 5.01. The standard InChI is InChI=1S/C18H28FNO3/c1-4-6-8-14(5-2)17(15-9-7-10-16(19)13-15)23-12-11-20-18(21)22-3/h7,9-10,13-14,17H,4-6,8,11-12H2,1-3H3,(H,20,21)/t14-,17+/m0/s1. The summed E-state index contributed by atoms with van der Waals surface area (Å²) in [6, 6.07) is 6.58. The van der Waals surface area contributed by atoms with Crippen LogP contribution in [-0.4, -0.2) is 26.4 Å². The zero-order valence-corrected chi connectivity index (χ0v) is 14.3. The van der Waals surface area contributed by atoms with Crippen molar-refractivity contribution in [2.24, 2.45) is 5.92 Å². The van der Waals surface area contributed by atoms with Crippen molar-refractivity contribution in [2.45, 2.75) is 45.6 Å². The molecule has 0 aliphatic heterocycles. The van der Waals surface area contributed by atoms with Gasteiger partial charge in [0.15, 0.2) is 0 Å². The molecule has 0 heterocycles. The van der Waals surface area contributed by atoms with Crippen LogP contribution >= 0.6 is 0 Å². The molecule has 4 nitrogen and oxygen atoms in total. The lowest BCUT2D eigenvalue weighted by Gasteiger charge is -2.27. The molecular formula is C18H28FNO3. The maximum Gasteiger partial charge on any atom is 0.406 e. The van der Waals surface area contributed by atoms with Crippen LogP contribution in [0.2, 0.25) is 0 Å². The third-order valence-electron chi connectivity index (χ3n) is 3.91. The van der Waals surface area contributed by atoms with E-state index in [2.05, 4.69) is 23.9 Å². The molecule has 0 saturated carbocycles. The average molecular weight is 325 g/mol. The summed E-state index contributed by atoms with van der Waals surface area (Å²) in [5, 5.41) is 2.59. The lowest BCUT2D eigenvalue weighted by atomic mass is 9.89. The first-order valence-corrected chi connectivity index (χ1v) is 8.31. The molecule has 0 aromatic heterocycles. The Morgan fingerprint density at radius 3 is 2.74 bits per heavy atom. The monoisotopic (exact) mass is 325 g/mol. The Labute approximate surface area is 138 Å². The number of rotatable bonds is 10. The van der Waals surface area contributed by atoms with Crippen LogP contribution in [0.3, 0.4) is 0 Å². The van der Waals surface area contributed by atoms with Crippen molar-refractivity contribution in [3.05, 3.63) is 35.6 Å². The van der Waals surface area contributed by atoms with Crippen molar-refractivity contribution in [1.82, 2.24) is 5.32 Å². The van der Waals surface area contributed by atoms with Crippen LogP contribution in [0.4, 0.5) is 9.18 Å². The molecule has 1 amide bonds. The first-order chi connectivity index (χ1) is 11.1. The van der Waals surface area contributed by atoms with Gasteiger partial charge in [0.25, 0.3) is 0 Å². The molecule has 0 bridgehead atoms. The van der Waals surface area contributed by atoms with E-state index in [9.17, 15) is 9.18 Å². The SMILES string of the molecule is CCCC[C@H](CC)[C@@H](OCCNC(=O)OC)c1cccc(F)c1. The largest absolute Gasteiger partial charge is 0.453 e. The number of alkyl carbamates (subject to hydrolysis) is 1. The van der Waals surface area contributed by atoms with Crippen LogP contribution in [0.5, 0.6) is 0 Å². The number of unbranched alkanes of at least 4 members (excludes halogenated alkanes) is 1. The van der Waals surface area contributed by atoms with E-state index in [0.717, 1.165) is 31.2 Å². The number of halogens is 1. The van der Waals surface area contributed by atoms with E-state index < -0.39 is 6.09 Å². The lowest BCUT2D eigenvalue weighted by molar-refractivity contribution is 0.00726. The minimum absolute atomic E-state index is 0.165. The van der Waals surface area contributed by atoms with Crippen LogP contribution in [0.1, 0.15) is 51.2 Å². The second kappa shape index (κ2) is 11.0. The van der Waals surface area contributed by atoms with Gasteiger partial charge >= 0.3 is 6.09 Å². The van der Waals surface area contributed by atoms with Gasteiger partial charge in [-0.3, -0.25) is 0 Å². The van der Waals surface area contributed by atoms with Gasteiger partial charge in [-0.1, -0.05) is 45.2 Å². The predicted molar refractivity (Wildman–Crippen MR) is 88.8 cm³/mol. The molecule has 0 aliphatic rings. The molecule has 0 fully saturated rings. The summed E-state index contributed by atoms with van der Waals surface area (Å²) in [7, 11) is 1.32. The molecule has 1 rings (SSSR count).